The Morgan fingerprint density at radius 1 is 1.14 bits per heavy atom. The van der Waals surface area contributed by atoms with E-state index in [9.17, 15) is 0 Å². The van der Waals surface area contributed by atoms with Gasteiger partial charge in [-0.05, 0) is 30.7 Å². The first-order valence-electron chi connectivity index (χ1n) is 5.87. The van der Waals surface area contributed by atoms with Crippen molar-refractivity contribution in [2.45, 2.75) is 6.92 Å². The molecule has 0 unspecified atom stereocenters. The monoisotopic (exact) mass is 293 g/mol. The van der Waals surface area contributed by atoms with Gasteiger partial charge < -0.3 is 5.32 Å². The number of pyridine rings is 1. The number of nitrogens with one attached hydrogen (secondary N) is 1. The number of nitrogens with zero attached hydrogens (tertiary/aromatic N) is 4. The van der Waals surface area contributed by atoms with E-state index in [4.69, 9.17) is 27.4 Å². The molecule has 0 radical (unpaired) electrons. The lowest BCUT2D eigenvalue weighted by atomic mass is 10.1. The molecule has 0 spiro atoms. The van der Waals surface area contributed by atoms with Crippen LogP contribution < -0.4 is 5.32 Å². The third kappa shape index (κ3) is 2.92. The van der Waals surface area contributed by atoms with Crippen LogP contribution in [0.25, 0.3) is 10.9 Å². The highest BCUT2D eigenvalue weighted by atomic mass is 35.5. The molecule has 6 heteroatoms. The number of halogens is 1. The van der Waals surface area contributed by atoms with Crippen LogP contribution in [0.15, 0.2) is 35.5 Å². The summed E-state index contributed by atoms with van der Waals surface area (Å²) in [4.78, 5) is 4.21. The second-order valence-corrected chi connectivity index (χ2v) is 4.59. The lowest BCUT2D eigenvalue weighted by molar-refractivity contribution is 1.35. The van der Waals surface area contributed by atoms with Gasteiger partial charge >= 0.3 is 0 Å². The van der Waals surface area contributed by atoms with Gasteiger partial charge in [0.05, 0.1) is 5.52 Å². The molecule has 2 rings (SSSR count). The number of allylic oxidation sites excluding steroid dienone is 2. The molecular formula is C15H8ClN5. The Kier molecular flexibility index (Phi) is 4.05. The Labute approximate surface area is 126 Å². The van der Waals surface area contributed by atoms with E-state index >= 15 is 0 Å². The van der Waals surface area contributed by atoms with Gasteiger partial charge in [0.25, 0.3) is 0 Å². The molecule has 1 N–H and O–H groups in total. The Balaban J connectivity index is 2.51. The summed E-state index contributed by atoms with van der Waals surface area (Å²) >= 11 is 5.93. The van der Waals surface area contributed by atoms with Crippen LogP contribution in [0.1, 0.15) is 5.56 Å². The summed E-state index contributed by atoms with van der Waals surface area (Å²) in [5.74, 6) is 0. The normalized spacial score (nSPS) is 9.29. The van der Waals surface area contributed by atoms with Crippen molar-refractivity contribution >= 4 is 28.2 Å². The number of fused-ring (bicyclic) bond motifs is 1. The lowest BCUT2D eigenvalue weighted by Gasteiger charge is -2.07. The highest BCUT2D eigenvalue weighted by Crippen LogP contribution is 2.24. The molecule has 0 saturated heterocycles. The summed E-state index contributed by atoms with van der Waals surface area (Å²) < 4.78 is 0. The van der Waals surface area contributed by atoms with Crippen molar-refractivity contribution in [3.8, 4) is 18.2 Å². The zero-order valence-corrected chi connectivity index (χ0v) is 11.7. The molecule has 1 heterocycles. The van der Waals surface area contributed by atoms with Crippen molar-refractivity contribution < 1.29 is 0 Å². The first-order valence-corrected chi connectivity index (χ1v) is 6.25. The third-order valence-electron chi connectivity index (χ3n) is 2.84. The highest BCUT2D eigenvalue weighted by Gasteiger charge is 2.08. The number of hydrogen-bond donors (Lipinski definition) is 1. The summed E-state index contributed by atoms with van der Waals surface area (Å²) in [5, 5.41) is 30.7. The van der Waals surface area contributed by atoms with Crippen LogP contribution in [0.3, 0.4) is 0 Å². The van der Waals surface area contributed by atoms with E-state index in [1.165, 1.54) is 0 Å². The van der Waals surface area contributed by atoms with Gasteiger partial charge in [0.15, 0.2) is 5.57 Å². The summed E-state index contributed by atoms with van der Waals surface area (Å²) in [7, 11) is 0. The number of nitriles is 3. The van der Waals surface area contributed by atoms with Crippen LogP contribution in [0.4, 0.5) is 5.69 Å². The molecular weight excluding hydrogens is 286 g/mol. The van der Waals surface area contributed by atoms with E-state index in [0.29, 0.717) is 16.4 Å². The fraction of sp³-hybridized carbons (Fsp3) is 0.0667. The van der Waals surface area contributed by atoms with Gasteiger partial charge in [-0.2, -0.15) is 15.8 Å². The van der Waals surface area contributed by atoms with Crippen molar-refractivity contribution in [1.82, 2.24) is 4.98 Å². The number of aryl methyl sites for hydroxylation is 1. The van der Waals surface area contributed by atoms with Crippen LogP contribution in [-0.4, -0.2) is 4.98 Å². The molecule has 1 aromatic carbocycles. The Morgan fingerprint density at radius 3 is 2.48 bits per heavy atom. The van der Waals surface area contributed by atoms with Gasteiger partial charge in [-0.15, -0.1) is 0 Å². The topological polar surface area (TPSA) is 96.3 Å². The van der Waals surface area contributed by atoms with Crippen LogP contribution in [0, 0.1) is 40.9 Å². The predicted octanol–water partition coefficient (Wildman–Crippen LogP) is 3.43. The largest absolute Gasteiger partial charge is 0.345 e. The highest BCUT2D eigenvalue weighted by molar-refractivity contribution is 6.29. The molecule has 5 nitrogen and oxygen atoms in total. The summed E-state index contributed by atoms with van der Waals surface area (Å²) in [6.45, 7) is 1.92. The minimum absolute atomic E-state index is 0.0990. The zero-order chi connectivity index (χ0) is 15.4. The predicted molar refractivity (Wildman–Crippen MR) is 79.0 cm³/mol. The molecule has 0 aliphatic rings. The fourth-order valence-electron chi connectivity index (χ4n) is 1.87. The minimum atomic E-state index is -0.271. The SMILES string of the molecule is Cc1cc(Cl)nc2cc(NC(C#N)=C(C#N)C#N)ccc12. The van der Waals surface area contributed by atoms with Crippen molar-refractivity contribution in [1.29, 1.82) is 15.8 Å². The first kappa shape index (κ1) is 14.3. The molecule has 0 atom stereocenters. The summed E-state index contributed by atoms with van der Waals surface area (Å²) in [6, 6.07) is 12.2. The van der Waals surface area contributed by atoms with Crippen LogP contribution in [0.2, 0.25) is 5.15 Å². The van der Waals surface area contributed by atoms with Crippen molar-refractivity contribution in [3.05, 3.63) is 46.3 Å². The molecule has 1 aromatic heterocycles. The smallest absolute Gasteiger partial charge is 0.163 e. The van der Waals surface area contributed by atoms with Gasteiger partial charge in [0.2, 0.25) is 0 Å². The molecule has 2 aromatic rings. The van der Waals surface area contributed by atoms with Crippen molar-refractivity contribution in [2.75, 3.05) is 5.32 Å². The second-order valence-electron chi connectivity index (χ2n) is 4.20. The van der Waals surface area contributed by atoms with Gasteiger partial charge in [0.1, 0.15) is 29.1 Å². The molecule has 0 aliphatic heterocycles. The fourth-order valence-corrected chi connectivity index (χ4v) is 2.12. The van der Waals surface area contributed by atoms with E-state index < -0.39 is 0 Å². The Morgan fingerprint density at radius 2 is 1.86 bits per heavy atom. The maximum atomic E-state index is 9.01. The lowest BCUT2D eigenvalue weighted by Crippen LogP contribution is -2.00. The zero-order valence-electron chi connectivity index (χ0n) is 11.0. The minimum Gasteiger partial charge on any atom is -0.345 e. The van der Waals surface area contributed by atoms with Gasteiger partial charge in [-0.25, -0.2) is 4.98 Å². The quantitative estimate of drug-likeness (QED) is 0.676. The number of anilines is 1. The van der Waals surface area contributed by atoms with E-state index in [2.05, 4.69) is 10.3 Å². The molecule has 0 amide bonds. The Bertz CT molecular complexity index is 862. The molecule has 0 bridgehead atoms. The van der Waals surface area contributed by atoms with Crippen molar-refractivity contribution in [2.24, 2.45) is 0 Å². The third-order valence-corrected chi connectivity index (χ3v) is 3.03. The summed E-state index contributed by atoms with van der Waals surface area (Å²) in [5.41, 5.74) is 1.84. The molecule has 0 fully saturated rings. The van der Waals surface area contributed by atoms with E-state index in [1.54, 1.807) is 36.4 Å². The van der Waals surface area contributed by atoms with Crippen molar-refractivity contribution in [3.63, 3.8) is 0 Å². The first-order chi connectivity index (χ1) is 10.1. The van der Waals surface area contributed by atoms with E-state index in [-0.39, 0.29) is 11.3 Å². The van der Waals surface area contributed by atoms with Gasteiger partial charge in [-0.1, -0.05) is 17.7 Å². The summed E-state index contributed by atoms with van der Waals surface area (Å²) in [6.07, 6.45) is 0. The average Bonchev–Trinajstić information content (AvgIpc) is 2.46. The molecule has 21 heavy (non-hydrogen) atoms. The maximum absolute atomic E-state index is 9.01. The molecule has 0 aliphatic carbocycles. The Hall–Kier alpha value is -3.07. The van der Waals surface area contributed by atoms with E-state index in [0.717, 1.165) is 10.9 Å². The van der Waals surface area contributed by atoms with Gasteiger partial charge in [0, 0.05) is 11.1 Å². The molecule has 0 saturated carbocycles. The number of aromatic nitrogens is 1. The van der Waals surface area contributed by atoms with Gasteiger partial charge in [-0.3, -0.25) is 0 Å². The van der Waals surface area contributed by atoms with E-state index in [1.807, 2.05) is 13.0 Å². The average molecular weight is 294 g/mol. The number of benzene rings is 1. The van der Waals surface area contributed by atoms with Crippen LogP contribution in [-0.2, 0) is 0 Å². The van der Waals surface area contributed by atoms with Crippen LogP contribution >= 0.6 is 11.6 Å². The standard InChI is InChI=1S/C15H8ClN5/c1-9-4-15(16)21-13-5-11(2-3-12(9)13)20-14(8-19)10(6-17)7-18/h2-5,20H,1H3. The molecule has 100 valence electrons. The van der Waals surface area contributed by atoms with Crippen LogP contribution in [0.5, 0.6) is 0 Å². The maximum Gasteiger partial charge on any atom is 0.163 e. The second kappa shape index (κ2) is 5.92. The number of rotatable bonds is 2. The number of hydrogen-bond acceptors (Lipinski definition) is 5.